The smallest absolute Gasteiger partial charge is 0.180 e. The van der Waals surface area contributed by atoms with E-state index in [1.54, 1.807) is 0 Å². The average Bonchev–Trinajstić information content (AvgIpc) is 2.36. The molecule has 0 spiro atoms. The molecular weight excluding hydrogens is 224 g/mol. The van der Waals surface area contributed by atoms with Crippen LogP contribution in [0, 0.1) is 20.8 Å². The minimum Gasteiger partial charge on any atom is -0.370 e. The molecule has 4 heteroatoms. The highest BCUT2D eigenvalue weighted by molar-refractivity contribution is 5.56. The van der Waals surface area contributed by atoms with Crippen molar-refractivity contribution in [3.63, 3.8) is 0 Å². The van der Waals surface area contributed by atoms with Crippen molar-refractivity contribution >= 4 is 5.82 Å². The van der Waals surface area contributed by atoms with Gasteiger partial charge in [-0.05, 0) is 39.3 Å². The number of rotatable bonds is 3. The number of anilines is 1. The number of nitrogens with one attached hydrogen (secondary N) is 1. The lowest BCUT2D eigenvalue weighted by Crippen LogP contribution is -2.06. The second-order valence-corrected chi connectivity index (χ2v) is 4.36. The van der Waals surface area contributed by atoms with E-state index < -0.39 is 0 Å². The first-order valence-corrected chi connectivity index (χ1v) is 6.14. The molecule has 0 aliphatic heterocycles. The van der Waals surface area contributed by atoms with E-state index in [9.17, 15) is 0 Å². The van der Waals surface area contributed by atoms with Crippen LogP contribution >= 0.6 is 0 Å². The maximum atomic E-state index is 4.54. The molecule has 2 heterocycles. The van der Waals surface area contributed by atoms with E-state index >= 15 is 0 Å². The average molecular weight is 242 g/mol. The van der Waals surface area contributed by atoms with Gasteiger partial charge in [-0.3, -0.25) is 4.98 Å². The third-order valence-electron chi connectivity index (χ3n) is 2.87. The molecule has 0 aromatic carbocycles. The predicted octanol–water partition coefficient (Wildman–Crippen LogP) is 2.90. The van der Waals surface area contributed by atoms with E-state index in [-0.39, 0.29) is 0 Å². The molecule has 0 unspecified atom stereocenters. The molecule has 0 aliphatic carbocycles. The zero-order valence-electron chi connectivity index (χ0n) is 11.3. The van der Waals surface area contributed by atoms with Gasteiger partial charge < -0.3 is 5.32 Å². The first-order valence-electron chi connectivity index (χ1n) is 6.14. The topological polar surface area (TPSA) is 50.7 Å². The molecule has 94 valence electrons. The Hall–Kier alpha value is -1.97. The number of pyridine rings is 1. The van der Waals surface area contributed by atoms with E-state index in [1.807, 2.05) is 39.1 Å². The van der Waals surface area contributed by atoms with E-state index in [4.69, 9.17) is 0 Å². The maximum Gasteiger partial charge on any atom is 0.180 e. The highest BCUT2D eigenvalue weighted by atomic mass is 15.0. The van der Waals surface area contributed by atoms with Crippen molar-refractivity contribution < 1.29 is 0 Å². The summed E-state index contributed by atoms with van der Waals surface area (Å²) in [5.74, 6) is 1.57. The van der Waals surface area contributed by atoms with Crippen LogP contribution in [-0.2, 0) is 0 Å². The van der Waals surface area contributed by atoms with E-state index in [1.165, 1.54) is 0 Å². The molecule has 4 nitrogen and oxygen atoms in total. The molecule has 2 aromatic rings. The molecule has 0 saturated heterocycles. The number of aryl methyl sites for hydroxylation is 2. The summed E-state index contributed by atoms with van der Waals surface area (Å²) < 4.78 is 0. The molecule has 2 aromatic heterocycles. The van der Waals surface area contributed by atoms with Crippen LogP contribution in [0.4, 0.5) is 5.82 Å². The first kappa shape index (κ1) is 12.5. The third kappa shape index (κ3) is 2.47. The Morgan fingerprint density at radius 1 is 1.11 bits per heavy atom. The molecule has 0 bridgehead atoms. The lowest BCUT2D eigenvalue weighted by atomic mass is 10.2. The van der Waals surface area contributed by atoms with Gasteiger partial charge in [-0.25, -0.2) is 9.97 Å². The van der Waals surface area contributed by atoms with Crippen LogP contribution in [0.2, 0.25) is 0 Å². The van der Waals surface area contributed by atoms with Gasteiger partial charge in [0.2, 0.25) is 0 Å². The van der Waals surface area contributed by atoms with E-state index in [2.05, 4.69) is 27.2 Å². The molecule has 0 fully saturated rings. The molecule has 0 atom stereocenters. The van der Waals surface area contributed by atoms with Crippen molar-refractivity contribution in [1.29, 1.82) is 0 Å². The molecule has 1 N–H and O–H groups in total. The number of aromatic nitrogens is 3. The predicted molar refractivity (Wildman–Crippen MR) is 73.6 cm³/mol. The van der Waals surface area contributed by atoms with Gasteiger partial charge >= 0.3 is 0 Å². The summed E-state index contributed by atoms with van der Waals surface area (Å²) >= 11 is 0. The fourth-order valence-corrected chi connectivity index (χ4v) is 1.68. The molecule has 18 heavy (non-hydrogen) atoms. The summed E-state index contributed by atoms with van der Waals surface area (Å²) in [5.41, 5.74) is 4.02. The van der Waals surface area contributed by atoms with E-state index in [0.717, 1.165) is 34.9 Å². The summed E-state index contributed by atoms with van der Waals surface area (Å²) in [7, 11) is 0. The summed E-state index contributed by atoms with van der Waals surface area (Å²) in [6.07, 6.45) is 1.83. The van der Waals surface area contributed by atoms with Crippen molar-refractivity contribution in [2.75, 3.05) is 11.9 Å². The Labute approximate surface area is 108 Å². The van der Waals surface area contributed by atoms with Crippen LogP contribution in [-0.4, -0.2) is 21.5 Å². The Balaban J connectivity index is 2.48. The molecular formula is C14H18N4. The lowest BCUT2D eigenvalue weighted by molar-refractivity contribution is 1.03. The molecule has 0 radical (unpaired) electrons. The zero-order valence-corrected chi connectivity index (χ0v) is 11.3. The van der Waals surface area contributed by atoms with Gasteiger partial charge in [0, 0.05) is 24.0 Å². The standard InChI is InChI=1S/C14H18N4/c1-5-15-13-10(3)11(4)17-14(18-13)12-7-6-9(2)8-16-12/h6-8H,5H2,1-4H3,(H,15,17,18). The first-order chi connectivity index (χ1) is 8.61. The minimum atomic E-state index is 0.675. The van der Waals surface area contributed by atoms with Gasteiger partial charge in [0.1, 0.15) is 11.5 Å². The normalized spacial score (nSPS) is 10.4. The highest BCUT2D eigenvalue weighted by Crippen LogP contribution is 2.20. The van der Waals surface area contributed by atoms with Crippen LogP contribution in [0.25, 0.3) is 11.5 Å². The Bertz CT molecular complexity index is 546. The van der Waals surface area contributed by atoms with Gasteiger partial charge in [0.25, 0.3) is 0 Å². The Kier molecular flexibility index (Phi) is 3.55. The number of hydrogen-bond acceptors (Lipinski definition) is 4. The molecule has 2 rings (SSSR count). The summed E-state index contributed by atoms with van der Waals surface area (Å²) in [6.45, 7) is 8.94. The van der Waals surface area contributed by atoms with Crippen LogP contribution in [0.5, 0.6) is 0 Å². The Morgan fingerprint density at radius 2 is 1.89 bits per heavy atom. The summed E-state index contributed by atoms with van der Waals surface area (Å²) in [4.78, 5) is 13.4. The number of nitrogens with zero attached hydrogens (tertiary/aromatic N) is 3. The minimum absolute atomic E-state index is 0.675. The SMILES string of the molecule is CCNc1nc(-c2ccc(C)cn2)nc(C)c1C. The monoisotopic (exact) mass is 242 g/mol. The van der Waals surface area contributed by atoms with Crippen molar-refractivity contribution in [3.05, 3.63) is 35.2 Å². The second kappa shape index (κ2) is 5.12. The Morgan fingerprint density at radius 3 is 2.50 bits per heavy atom. The van der Waals surface area contributed by atoms with Crippen LogP contribution in [0.15, 0.2) is 18.3 Å². The van der Waals surface area contributed by atoms with Crippen molar-refractivity contribution in [2.24, 2.45) is 0 Å². The van der Waals surface area contributed by atoms with Gasteiger partial charge in [-0.15, -0.1) is 0 Å². The molecule has 0 aliphatic rings. The van der Waals surface area contributed by atoms with Crippen LogP contribution in [0.3, 0.4) is 0 Å². The zero-order chi connectivity index (χ0) is 13.1. The van der Waals surface area contributed by atoms with Gasteiger partial charge in [-0.1, -0.05) is 6.07 Å². The maximum absolute atomic E-state index is 4.54. The third-order valence-corrected chi connectivity index (χ3v) is 2.87. The van der Waals surface area contributed by atoms with Crippen LogP contribution < -0.4 is 5.32 Å². The quantitative estimate of drug-likeness (QED) is 0.899. The van der Waals surface area contributed by atoms with Crippen molar-refractivity contribution in [3.8, 4) is 11.5 Å². The largest absolute Gasteiger partial charge is 0.370 e. The fraction of sp³-hybridized carbons (Fsp3) is 0.357. The van der Waals surface area contributed by atoms with Gasteiger partial charge in [0.05, 0.1) is 0 Å². The lowest BCUT2D eigenvalue weighted by Gasteiger charge is -2.10. The van der Waals surface area contributed by atoms with E-state index in [0.29, 0.717) is 5.82 Å². The van der Waals surface area contributed by atoms with Crippen molar-refractivity contribution in [1.82, 2.24) is 15.0 Å². The molecule has 0 saturated carbocycles. The molecule has 0 amide bonds. The summed E-state index contributed by atoms with van der Waals surface area (Å²) in [5, 5.41) is 3.26. The highest BCUT2D eigenvalue weighted by Gasteiger charge is 2.09. The van der Waals surface area contributed by atoms with Crippen LogP contribution in [0.1, 0.15) is 23.7 Å². The van der Waals surface area contributed by atoms with Gasteiger partial charge in [0.15, 0.2) is 5.82 Å². The summed E-state index contributed by atoms with van der Waals surface area (Å²) in [6, 6.07) is 3.98. The number of hydrogen-bond donors (Lipinski definition) is 1. The van der Waals surface area contributed by atoms with Crippen molar-refractivity contribution in [2.45, 2.75) is 27.7 Å². The fourth-order valence-electron chi connectivity index (χ4n) is 1.68. The second-order valence-electron chi connectivity index (χ2n) is 4.36. The van der Waals surface area contributed by atoms with Gasteiger partial charge in [-0.2, -0.15) is 0 Å².